The van der Waals surface area contributed by atoms with Gasteiger partial charge in [0.1, 0.15) is 5.76 Å². The summed E-state index contributed by atoms with van der Waals surface area (Å²) in [6.45, 7) is 1.71. The number of aliphatic hydroxyl groups is 1. The average Bonchev–Trinajstić information content (AvgIpc) is 2.88. The van der Waals surface area contributed by atoms with Crippen LogP contribution in [0.3, 0.4) is 0 Å². The molecule has 0 spiro atoms. The third kappa shape index (κ3) is 3.88. The molecule has 108 valence electrons. The molecule has 0 atom stereocenters. The van der Waals surface area contributed by atoms with Crippen LogP contribution < -0.4 is 5.32 Å². The number of hydrogen-bond donors (Lipinski definition) is 2. The number of aryl methyl sites for hydroxylation is 1. The van der Waals surface area contributed by atoms with Crippen molar-refractivity contribution in [1.29, 1.82) is 0 Å². The van der Waals surface area contributed by atoms with Gasteiger partial charge in [0, 0.05) is 17.0 Å². The Morgan fingerprint density at radius 1 is 1.43 bits per heavy atom. The Morgan fingerprint density at radius 3 is 2.90 bits per heavy atom. The highest BCUT2D eigenvalue weighted by molar-refractivity contribution is 6.31. The van der Waals surface area contributed by atoms with Crippen molar-refractivity contribution in [3.05, 3.63) is 52.4 Å². The molecular weight excluding hydrogens is 290 g/mol. The van der Waals surface area contributed by atoms with E-state index >= 15 is 0 Å². The quantitative estimate of drug-likeness (QED) is 0.856. The van der Waals surface area contributed by atoms with Crippen LogP contribution in [0.2, 0.25) is 5.02 Å². The second kappa shape index (κ2) is 6.98. The Bertz CT molecular complexity index is 710. The predicted molar refractivity (Wildman–Crippen MR) is 81.4 cm³/mol. The molecule has 2 aromatic rings. The highest BCUT2D eigenvalue weighted by Gasteiger charge is 2.13. The number of anilines is 1. The number of halogens is 1. The number of carbonyl (C=O) groups is 1. The Balaban J connectivity index is 2.27. The van der Waals surface area contributed by atoms with Crippen LogP contribution in [0.4, 0.5) is 5.69 Å². The molecule has 1 heterocycles. The number of rotatable bonds is 3. The standard InChI is InChI=1S/C16H14ClNO3/c1-11-14(7-9-21-11)16(20)18-15-10-13(17)6-5-12(15)4-2-3-8-19/h5-7,9-10,19H,3,8H2,1H3,(H,18,20). The first-order valence-corrected chi connectivity index (χ1v) is 6.74. The number of carbonyl (C=O) groups excluding carboxylic acids is 1. The zero-order valence-corrected chi connectivity index (χ0v) is 12.2. The van der Waals surface area contributed by atoms with Gasteiger partial charge in [-0.25, -0.2) is 0 Å². The molecule has 1 aromatic heterocycles. The van der Waals surface area contributed by atoms with E-state index in [1.54, 1.807) is 31.2 Å². The third-order valence-corrected chi connectivity index (χ3v) is 3.03. The summed E-state index contributed by atoms with van der Waals surface area (Å²) >= 11 is 5.96. The SMILES string of the molecule is Cc1occc1C(=O)Nc1cc(Cl)ccc1C#CCCO. The fourth-order valence-electron chi connectivity index (χ4n) is 1.75. The smallest absolute Gasteiger partial charge is 0.259 e. The molecule has 0 saturated carbocycles. The van der Waals surface area contributed by atoms with Gasteiger partial charge >= 0.3 is 0 Å². The molecule has 1 amide bonds. The lowest BCUT2D eigenvalue weighted by Gasteiger charge is -2.07. The van der Waals surface area contributed by atoms with Crippen LogP contribution in [0, 0.1) is 18.8 Å². The van der Waals surface area contributed by atoms with E-state index in [0.717, 1.165) is 0 Å². The zero-order chi connectivity index (χ0) is 15.2. The second-order valence-electron chi connectivity index (χ2n) is 4.31. The van der Waals surface area contributed by atoms with Crippen molar-refractivity contribution in [3.8, 4) is 11.8 Å². The number of nitrogens with one attached hydrogen (secondary N) is 1. The van der Waals surface area contributed by atoms with Gasteiger partial charge in [-0.05, 0) is 31.2 Å². The molecular formula is C16H14ClNO3. The van der Waals surface area contributed by atoms with E-state index in [4.69, 9.17) is 21.1 Å². The summed E-state index contributed by atoms with van der Waals surface area (Å²) in [6.07, 6.45) is 1.83. The van der Waals surface area contributed by atoms with E-state index in [9.17, 15) is 4.79 Å². The summed E-state index contributed by atoms with van der Waals surface area (Å²) in [5.41, 5.74) is 1.63. The highest BCUT2D eigenvalue weighted by atomic mass is 35.5. The number of hydrogen-bond acceptors (Lipinski definition) is 3. The average molecular weight is 304 g/mol. The molecule has 5 heteroatoms. The van der Waals surface area contributed by atoms with Gasteiger partial charge < -0.3 is 14.8 Å². The van der Waals surface area contributed by atoms with Crippen molar-refractivity contribution >= 4 is 23.2 Å². The van der Waals surface area contributed by atoms with Crippen LogP contribution in [0.1, 0.15) is 28.1 Å². The van der Waals surface area contributed by atoms with E-state index in [2.05, 4.69) is 17.2 Å². The van der Waals surface area contributed by atoms with Gasteiger partial charge in [0.25, 0.3) is 5.91 Å². The molecule has 4 nitrogen and oxygen atoms in total. The molecule has 0 saturated heterocycles. The van der Waals surface area contributed by atoms with Crippen LogP contribution in [0.5, 0.6) is 0 Å². The van der Waals surface area contributed by atoms with Crippen LogP contribution in [-0.2, 0) is 0 Å². The van der Waals surface area contributed by atoms with Crippen molar-refractivity contribution in [3.63, 3.8) is 0 Å². The molecule has 2 N–H and O–H groups in total. The minimum atomic E-state index is -0.284. The normalized spacial score (nSPS) is 9.86. The van der Waals surface area contributed by atoms with Gasteiger partial charge in [0.15, 0.2) is 0 Å². The maximum atomic E-state index is 12.2. The first-order valence-electron chi connectivity index (χ1n) is 6.36. The lowest BCUT2D eigenvalue weighted by Crippen LogP contribution is -2.13. The monoisotopic (exact) mass is 303 g/mol. The van der Waals surface area contributed by atoms with Gasteiger partial charge in [-0.15, -0.1) is 0 Å². The van der Waals surface area contributed by atoms with E-state index < -0.39 is 0 Å². The van der Waals surface area contributed by atoms with Crippen LogP contribution in [0.25, 0.3) is 0 Å². The third-order valence-electron chi connectivity index (χ3n) is 2.79. The predicted octanol–water partition coefficient (Wildman–Crippen LogP) is 3.23. The maximum Gasteiger partial charge on any atom is 0.259 e. The van der Waals surface area contributed by atoms with Crippen molar-refractivity contribution in [1.82, 2.24) is 0 Å². The summed E-state index contributed by atoms with van der Waals surface area (Å²) in [4.78, 5) is 12.2. The minimum absolute atomic E-state index is 0.00348. The largest absolute Gasteiger partial charge is 0.469 e. The van der Waals surface area contributed by atoms with Crippen molar-refractivity contribution in [2.75, 3.05) is 11.9 Å². The summed E-state index contributed by atoms with van der Waals surface area (Å²) in [5, 5.41) is 12.0. The number of aliphatic hydroxyl groups excluding tert-OH is 1. The van der Waals surface area contributed by atoms with E-state index in [0.29, 0.717) is 34.0 Å². The molecule has 1 aromatic carbocycles. The zero-order valence-electron chi connectivity index (χ0n) is 11.4. The maximum absolute atomic E-state index is 12.2. The Hall–Kier alpha value is -2.22. The fourth-order valence-corrected chi connectivity index (χ4v) is 1.92. The Labute approximate surface area is 127 Å². The van der Waals surface area contributed by atoms with Crippen LogP contribution >= 0.6 is 11.6 Å². The van der Waals surface area contributed by atoms with E-state index in [1.165, 1.54) is 6.26 Å². The summed E-state index contributed by atoms with van der Waals surface area (Å²) in [7, 11) is 0. The summed E-state index contributed by atoms with van der Waals surface area (Å²) in [5.74, 6) is 5.98. The van der Waals surface area contributed by atoms with E-state index in [1.807, 2.05) is 0 Å². The van der Waals surface area contributed by atoms with E-state index in [-0.39, 0.29) is 12.5 Å². The number of amides is 1. The number of benzene rings is 1. The summed E-state index contributed by atoms with van der Waals surface area (Å²) in [6, 6.07) is 6.66. The lowest BCUT2D eigenvalue weighted by molar-refractivity contribution is 0.102. The van der Waals surface area contributed by atoms with Crippen LogP contribution in [0.15, 0.2) is 34.9 Å². The first kappa shape index (κ1) is 15.2. The summed E-state index contributed by atoms with van der Waals surface area (Å²) < 4.78 is 5.11. The van der Waals surface area contributed by atoms with Crippen LogP contribution in [-0.4, -0.2) is 17.6 Å². The first-order chi connectivity index (χ1) is 10.1. The Morgan fingerprint density at radius 2 is 2.24 bits per heavy atom. The lowest BCUT2D eigenvalue weighted by atomic mass is 10.1. The molecule has 0 aliphatic heterocycles. The van der Waals surface area contributed by atoms with Crippen molar-refractivity contribution in [2.24, 2.45) is 0 Å². The minimum Gasteiger partial charge on any atom is -0.469 e. The van der Waals surface area contributed by atoms with Gasteiger partial charge in [-0.3, -0.25) is 4.79 Å². The Kier molecular flexibility index (Phi) is 5.04. The molecule has 0 aliphatic rings. The molecule has 2 rings (SSSR count). The fraction of sp³-hybridized carbons (Fsp3) is 0.188. The topological polar surface area (TPSA) is 62.5 Å². The van der Waals surface area contributed by atoms with Crippen molar-refractivity contribution < 1.29 is 14.3 Å². The number of furan rings is 1. The molecule has 0 aliphatic carbocycles. The van der Waals surface area contributed by atoms with Gasteiger partial charge in [0.05, 0.1) is 24.1 Å². The van der Waals surface area contributed by atoms with Gasteiger partial charge in [-0.2, -0.15) is 0 Å². The molecule has 0 unspecified atom stereocenters. The highest BCUT2D eigenvalue weighted by Crippen LogP contribution is 2.22. The van der Waals surface area contributed by atoms with Crippen molar-refractivity contribution in [2.45, 2.75) is 13.3 Å². The van der Waals surface area contributed by atoms with Gasteiger partial charge in [0.2, 0.25) is 0 Å². The molecule has 21 heavy (non-hydrogen) atoms. The molecule has 0 bridgehead atoms. The molecule has 0 radical (unpaired) electrons. The molecule has 0 fully saturated rings. The second-order valence-corrected chi connectivity index (χ2v) is 4.75. The van der Waals surface area contributed by atoms with Gasteiger partial charge in [-0.1, -0.05) is 23.4 Å².